The Balaban J connectivity index is 1.98. The minimum absolute atomic E-state index is 0.0721. The van der Waals surface area contributed by atoms with Crippen molar-refractivity contribution in [3.63, 3.8) is 0 Å². The first kappa shape index (κ1) is 14.5. The first-order valence-electron chi connectivity index (χ1n) is 6.78. The van der Waals surface area contributed by atoms with Crippen LogP contribution in [0.5, 0.6) is 0 Å². The fourth-order valence-electron chi connectivity index (χ4n) is 2.66. The number of hydrogen-bond acceptors (Lipinski definition) is 2. The molecule has 1 saturated carbocycles. The van der Waals surface area contributed by atoms with E-state index in [0.717, 1.165) is 0 Å². The number of amides is 1. The molecular formula is C15H18FNO3. The Hall–Kier alpha value is -1.91. The summed E-state index contributed by atoms with van der Waals surface area (Å²) in [5.74, 6) is -2.04. The van der Waals surface area contributed by atoms with Gasteiger partial charge in [-0.2, -0.15) is 0 Å². The van der Waals surface area contributed by atoms with Gasteiger partial charge in [0.1, 0.15) is 5.82 Å². The van der Waals surface area contributed by atoms with Crippen LogP contribution in [-0.2, 0) is 4.79 Å². The van der Waals surface area contributed by atoms with E-state index in [1.807, 2.05) is 0 Å². The maximum Gasteiger partial charge on any atom is 0.306 e. The quantitative estimate of drug-likeness (QED) is 0.893. The highest BCUT2D eigenvalue weighted by Crippen LogP contribution is 2.25. The number of rotatable bonds is 3. The van der Waals surface area contributed by atoms with Gasteiger partial charge < -0.3 is 10.4 Å². The number of hydrogen-bond donors (Lipinski definition) is 2. The minimum atomic E-state index is -0.778. The molecule has 2 N–H and O–H groups in total. The van der Waals surface area contributed by atoms with Crippen LogP contribution in [0.1, 0.15) is 41.6 Å². The van der Waals surface area contributed by atoms with E-state index in [1.165, 1.54) is 6.07 Å². The Morgan fingerprint density at radius 3 is 2.45 bits per heavy atom. The summed E-state index contributed by atoms with van der Waals surface area (Å²) >= 11 is 0. The monoisotopic (exact) mass is 279 g/mol. The van der Waals surface area contributed by atoms with Gasteiger partial charge in [-0.25, -0.2) is 4.39 Å². The molecule has 0 saturated heterocycles. The van der Waals surface area contributed by atoms with Crippen molar-refractivity contribution in [3.05, 3.63) is 35.1 Å². The minimum Gasteiger partial charge on any atom is -0.481 e. The summed E-state index contributed by atoms with van der Waals surface area (Å²) in [6, 6.07) is 4.46. The molecule has 0 unspecified atom stereocenters. The SMILES string of the molecule is Cc1cccc(F)c1C(=O)NC1CCC(C(=O)O)CC1. The van der Waals surface area contributed by atoms with Crippen LogP contribution >= 0.6 is 0 Å². The van der Waals surface area contributed by atoms with Gasteiger partial charge in [-0.15, -0.1) is 0 Å². The largest absolute Gasteiger partial charge is 0.481 e. The Kier molecular flexibility index (Phi) is 4.37. The molecule has 1 aliphatic rings. The maximum atomic E-state index is 13.7. The molecule has 0 heterocycles. The normalized spacial score (nSPS) is 22.3. The number of nitrogens with one attached hydrogen (secondary N) is 1. The van der Waals surface area contributed by atoms with Crippen molar-refractivity contribution in [2.75, 3.05) is 0 Å². The van der Waals surface area contributed by atoms with Crippen LogP contribution in [0.2, 0.25) is 0 Å². The van der Waals surface area contributed by atoms with Crippen molar-refractivity contribution in [3.8, 4) is 0 Å². The van der Waals surface area contributed by atoms with E-state index in [2.05, 4.69) is 5.32 Å². The average Bonchev–Trinajstić information content (AvgIpc) is 2.39. The second-order valence-electron chi connectivity index (χ2n) is 5.29. The second-order valence-corrected chi connectivity index (χ2v) is 5.29. The zero-order valence-corrected chi connectivity index (χ0v) is 11.4. The number of carbonyl (C=O) groups is 2. The summed E-state index contributed by atoms with van der Waals surface area (Å²) in [6.45, 7) is 1.69. The summed E-state index contributed by atoms with van der Waals surface area (Å²) in [7, 11) is 0. The molecule has 0 atom stereocenters. The smallest absolute Gasteiger partial charge is 0.306 e. The van der Waals surface area contributed by atoms with E-state index < -0.39 is 17.7 Å². The molecule has 1 aliphatic carbocycles. The van der Waals surface area contributed by atoms with Gasteiger partial charge in [0.05, 0.1) is 11.5 Å². The third-order valence-corrected chi connectivity index (χ3v) is 3.86. The zero-order valence-electron chi connectivity index (χ0n) is 11.4. The zero-order chi connectivity index (χ0) is 14.7. The standard InChI is InChI=1S/C15H18FNO3/c1-9-3-2-4-12(16)13(9)14(18)17-11-7-5-10(6-8-11)15(19)20/h2-4,10-11H,5-8H2,1H3,(H,17,18)(H,19,20). The average molecular weight is 279 g/mol. The molecule has 0 radical (unpaired) electrons. The van der Waals surface area contributed by atoms with Crippen molar-refractivity contribution in [2.45, 2.75) is 38.6 Å². The molecule has 0 aliphatic heterocycles. The lowest BCUT2D eigenvalue weighted by molar-refractivity contribution is -0.142. The van der Waals surface area contributed by atoms with Crippen LogP contribution in [0.15, 0.2) is 18.2 Å². The van der Waals surface area contributed by atoms with Gasteiger partial charge in [-0.3, -0.25) is 9.59 Å². The third-order valence-electron chi connectivity index (χ3n) is 3.86. The third kappa shape index (κ3) is 3.15. The van der Waals surface area contributed by atoms with Crippen molar-refractivity contribution in [2.24, 2.45) is 5.92 Å². The lowest BCUT2D eigenvalue weighted by atomic mass is 9.86. The molecule has 108 valence electrons. The van der Waals surface area contributed by atoms with Crippen LogP contribution in [0.3, 0.4) is 0 Å². The molecule has 0 bridgehead atoms. The van der Waals surface area contributed by atoms with E-state index in [-0.39, 0.29) is 17.5 Å². The molecule has 1 aromatic rings. The van der Waals surface area contributed by atoms with Gasteiger partial charge in [0, 0.05) is 6.04 Å². The van der Waals surface area contributed by atoms with Gasteiger partial charge in [-0.1, -0.05) is 12.1 Å². The Morgan fingerprint density at radius 2 is 1.90 bits per heavy atom. The number of aliphatic carboxylic acids is 1. The maximum absolute atomic E-state index is 13.7. The number of carboxylic acid groups (broad SMARTS) is 1. The van der Waals surface area contributed by atoms with Crippen LogP contribution < -0.4 is 5.32 Å². The lowest BCUT2D eigenvalue weighted by Crippen LogP contribution is -2.39. The van der Waals surface area contributed by atoms with E-state index >= 15 is 0 Å². The lowest BCUT2D eigenvalue weighted by Gasteiger charge is -2.27. The van der Waals surface area contributed by atoms with Crippen LogP contribution in [0.25, 0.3) is 0 Å². The Bertz CT molecular complexity index is 502. The highest BCUT2D eigenvalue weighted by atomic mass is 19.1. The van der Waals surface area contributed by atoms with Gasteiger partial charge in [-0.05, 0) is 44.2 Å². The molecule has 4 nitrogen and oxygen atoms in total. The Morgan fingerprint density at radius 1 is 1.25 bits per heavy atom. The van der Waals surface area contributed by atoms with Crippen molar-refractivity contribution in [1.82, 2.24) is 5.32 Å². The number of carboxylic acids is 1. The van der Waals surface area contributed by atoms with Gasteiger partial charge in [0.15, 0.2) is 0 Å². The number of aryl methyl sites for hydroxylation is 1. The second kappa shape index (κ2) is 6.03. The van der Waals surface area contributed by atoms with Gasteiger partial charge in [0.25, 0.3) is 5.91 Å². The van der Waals surface area contributed by atoms with Crippen LogP contribution in [0, 0.1) is 18.7 Å². The molecule has 0 spiro atoms. The molecule has 1 amide bonds. The molecule has 1 aromatic carbocycles. The molecule has 2 rings (SSSR count). The summed E-state index contributed by atoms with van der Waals surface area (Å²) in [4.78, 5) is 23.0. The predicted molar refractivity (Wildman–Crippen MR) is 72.0 cm³/mol. The topological polar surface area (TPSA) is 66.4 Å². The van der Waals surface area contributed by atoms with Crippen molar-refractivity contribution in [1.29, 1.82) is 0 Å². The molecule has 1 fully saturated rings. The van der Waals surface area contributed by atoms with Gasteiger partial charge in [0.2, 0.25) is 0 Å². The summed E-state index contributed by atoms with van der Waals surface area (Å²) in [5, 5.41) is 11.7. The summed E-state index contributed by atoms with van der Waals surface area (Å²) < 4.78 is 13.7. The van der Waals surface area contributed by atoms with Gasteiger partial charge >= 0.3 is 5.97 Å². The van der Waals surface area contributed by atoms with Crippen molar-refractivity contribution < 1.29 is 19.1 Å². The fourth-order valence-corrected chi connectivity index (χ4v) is 2.66. The fraction of sp³-hybridized carbons (Fsp3) is 0.467. The summed E-state index contributed by atoms with van der Waals surface area (Å²) in [6.07, 6.45) is 2.35. The predicted octanol–water partition coefficient (Wildman–Crippen LogP) is 2.51. The van der Waals surface area contributed by atoms with E-state index in [0.29, 0.717) is 31.2 Å². The molecule has 20 heavy (non-hydrogen) atoms. The Labute approximate surface area is 117 Å². The number of benzene rings is 1. The first-order valence-corrected chi connectivity index (χ1v) is 6.78. The highest BCUT2D eigenvalue weighted by Gasteiger charge is 2.27. The number of halogens is 1. The van der Waals surface area contributed by atoms with E-state index in [1.54, 1.807) is 19.1 Å². The van der Waals surface area contributed by atoms with E-state index in [9.17, 15) is 14.0 Å². The molecule has 0 aromatic heterocycles. The first-order chi connectivity index (χ1) is 9.49. The molecule has 5 heteroatoms. The highest BCUT2D eigenvalue weighted by molar-refractivity contribution is 5.96. The number of carbonyl (C=O) groups excluding carboxylic acids is 1. The van der Waals surface area contributed by atoms with E-state index in [4.69, 9.17) is 5.11 Å². The molecular weight excluding hydrogens is 261 g/mol. The van der Waals surface area contributed by atoms with Crippen LogP contribution in [0.4, 0.5) is 4.39 Å². The summed E-state index contributed by atoms with van der Waals surface area (Å²) in [5.41, 5.74) is 0.676. The van der Waals surface area contributed by atoms with Crippen LogP contribution in [-0.4, -0.2) is 23.0 Å². The van der Waals surface area contributed by atoms with Crippen molar-refractivity contribution >= 4 is 11.9 Å².